The monoisotopic (exact) mass is 262 g/mol. The molecule has 102 valence electrons. The molecule has 0 atom stereocenters. The topological polar surface area (TPSA) is 72.6 Å². The Morgan fingerprint density at radius 3 is 3.00 bits per heavy atom. The van der Waals surface area contributed by atoms with E-state index >= 15 is 0 Å². The third-order valence-corrected chi connectivity index (χ3v) is 3.22. The molecule has 0 bridgehead atoms. The summed E-state index contributed by atoms with van der Waals surface area (Å²) in [5.41, 5.74) is 8.34. The maximum absolute atomic E-state index is 11.6. The summed E-state index contributed by atoms with van der Waals surface area (Å²) >= 11 is 0. The van der Waals surface area contributed by atoms with Crippen LogP contribution in [0.15, 0.2) is 18.2 Å². The van der Waals surface area contributed by atoms with Crippen LogP contribution >= 0.6 is 0 Å². The van der Waals surface area contributed by atoms with Crippen LogP contribution < -0.4 is 10.6 Å². The van der Waals surface area contributed by atoms with Gasteiger partial charge in [-0.3, -0.25) is 9.59 Å². The van der Waals surface area contributed by atoms with E-state index < -0.39 is 0 Å². The molecule has 1 aromatic carbocycles. The van der Waals surface area contributed by atoms with Crippen molar-refractivity contribution in [3.63, 3.8) is 0 Å². The average Bonchev–Trinajstić information content (AvgIpc) is 2.65. The van der Waals surface area contributed by atoms with Gasteiger partial charge in [0, 0.05) is 25.7 Å². The Bertz CT molecular complexity index is 499. The maximum Gasteiger partial charge on any atom is 0.307 e. The molecule has 1 heterocycles. The number of benzene rings is 1. The molecule has 0 aromatic heterocycles. The average molecular weight is 262 g/mol. The predicted molar refractivity (Wildman–Crippen MR) is 71.9 cm³/mol. The summed E-state index contributed by atoms with van der Waals surface area (Å²) in [5.74, 6) is -0.153. The van der Waals surface area contributed by atoms with Crippen LogP contribution in [0.4, 0.5) is 5.69 Å². The van der Waals surface area contributed by atoms with Gasteiger partial charge in [-0.2, -0.15) is 0 Å². The number of carbonyl (C=O) groups excluding carboxylic acids is 2. The van der Waals surface area contributed by atoms with Gasteiger partial charge < -0.3 is 15.4 Å². The molecule has 2 N–H and O–H groups in total. The second-order valence-corrected chi connectivity index (χ2v) is 4.60. The van der Waals surface area contributed by atoms with Crippen LogP contribution in [-0.2, 0) is 27.2 Å². The fraction of sp³-hybridized carbons (Fsp3) is 0.429. The van der Waals surface area contributed by atoms with Gasteiger partial charge in [-0.15, -0.1) is 0 Å². The molecule has 0 saturated heterocycles. The number of nitrogens with two attached hydrogens (primary N) is 1. The Morgan fingerprint density at radius 2 is 2.26 bits per heavy atom. The summed E-state index contributed by atoms with van der Waals surface area (Å²) in [6, 6.07) is 5.91. The first-order valence-electron chi connectivity index (χ1n) is 6.36. The summed E-state index contributed by atoms with van der Waals surface area (Å²) in [7, 11) is 1.78. The van der Waals surface area contributed by atoms with Gasteiger partial charge in [0.05, 0.1) is 19.4 Å². The fourth-order valence-corrected chi connectivity index (χ4v) is 2.15. The van der Waals surface area contributed by atoms with Crippen molar-refractivity contribution >= 4 is 17.6 Å². The van der Waals surface area contributed by atoms with E-state index in [1.54, 1.807) is 11.9 Å². The molecule has 0 spiro atoms. The number of ether oxygens (including phenoxy) is 1. The highest BCUT2D eigenvalue weighted by Gasteiger charge is 2.23. The quantitative estimate of drug-likeness (QED) is 0.790. The summed E-state index contributed by atoms with van der Waals surface area (Å²) < 4.78 is 5.05. The number of esters is 1. The summed E-state index contributed by atoms with van der Waals surface area (Å²) in [6.45, 7) is 0.660. The number of carbonyl (C=O) groups is 2. The Balaban J connectivity index is 1.91. The molecule has 5 nitrogen and oxygen atoms in total. The minimum absolute atomic E-state index is 0.113. The van der Waals surface area contributed by atoms with Crippen LogP contribution in [0.2, 0.25) is 0 Å². The fourth-order valence-electron chi connectivity index (χ4n) is 2.15. The molecule has 0 fully saturated rings. The number of amides is 1. The molecule has 1 amide bonds. The zero-order valence-corrected chi connectivity index (χ0v) is 11.0. The van der Waals surface area contributed by atoms with E-state index in [1.165, 1.54) is 0 Å². The van der Waals surface area contributed by atoms with Crippen LogP contribution in [0.3, 0.4) is 0 Å². The minimum Gasteiger partial charge on any atom is -0.465 e. The molecule has 0 saturated carbocycles. The van der Waals surface area contributed by atoms with E-state index in [4.69, 9.17) is 10.5 Å². The number of hydrogen-bond acceptors (Lipinski definition) is 4. The zero-order valence-electron chi connectivity index (χ0n) is 11.0. The molecule has 1 aromatic rings. The van der Waals surface area contributed by atoms with E-state index in [-0.39, 0.29) is 18.3 Å². The van der Waals surface area contributed by atoms with Gasteiger partial charge in [-0.05, 0) is 17.2 Å². The van der Waals surface area contributed by atoms with Gasteiger partial charge in [-0.1, -0.05) is 12.1 Å². The van der Waals surface area contributed by atoms with Gasteiger partial charge in [0.15, 0.2) is 0 Å². The van der Waals surface area contributed by atoms with E-state index in [9.17, 15) is 9.59 Å². The normalized spacial score (nSPS) is 13.6. The Morgan fingerprint density at radius 1 is 1.47 bits per heavy atom. The lowest BCUT2D eigenvalue weighted by Crippen LogP contribution is -2.20. The van der Waals surface area contributed by atoms with Crippen molar-refractivity contribution in [3.05, 3.63) is 29.3 Å². The smallest absolute Gasteiger partial charge is 0.307 e. The molecule has 0 unspecified atom stereocenters. The number of nitrogens with zero attached hydrogens (tertiary/aromatic N) is 1. The van der Waals surface area contributed by atoms with E-state index in [0.29, 0.717) is 26.0 Å². The number of anilines is 1. The summed E-state index contributed by atoms with van der Waals surface area (Å²) in [4.78, 5) is 24.4. The molecule has 1 aliphatic heterocycles. The molecule has 0 aliphatic carbocycles. The second-order valence-electron chi connectivity index (χ2n) is 4.60. The van der Waals surface area contributed by atoms with E-state index in [0.717, 1.165) is 16.8 Å². The summed E-state index contributed by atoms with van der Waals surface area (Å²) in [5, 5.41) is 0. The third-order valence-electron chi connectivity index (χ3n) is 3.22. The largest absolute Gasteiger partial charge is 0.465 e. The highest BCUT2D eigenvalue weighted by molar-refractivity contribution is 6.00. The van der Waals surface area contributed by atoms with Gasteiger partial charge >= 0.3 is 5.97 Å². The van der Waals surface area contributed by atoms with Crippen molar-refractivity contribution in [1.82, 2.24) is 0 Å². The first-order valence-corrected chi connectivity index (χ1v) is 6.36. The van der Waals surface area contributed by atoms with Crippen molar-refractivity contribution in [1.29, 1.82) is 0 Å². The van der Waals surface area contributed by atoms with Gasteiger partial charge in [0.25, 0.3) is 0 Å². The SMILES string of the molecule is CN1C(=O)Cc2cc(CCOC(=O)CCN)ccc21. The van der Waals surface area contributed by atoms with Crippen LogP contribution in [-0.4, -0.2) is 32.1 Å². The number of rotatable bonds is 5. The maximum atomic E-state index is 11.6. The van der Waals surface area contributed by atoms with Gasteiger partial charge in [0.2, 0.25) is 5.91 Å². The third kappa shape index (κ3) is 3.12. The zero-order chi connectivity index (χ0) is 13.8. The minimum atomic E-state index is -0.265. The first kappa shape index (κ1) is 13.5. The van der Waals surface area contributed by atoms with Crippen molar-refractivity contribution in [2.75, 3.05) is 25.1 Å². The Labute approximate surface area is 112 Å². The highest BCUT2D eigenvalue weighted by atomic mass is 16.5. The van der Waals surface area contributed by atoms with Crippen LogP contribution in [0.1, 0.15) is 17.5 Å². The highest BCUT2D eigenvalue weighted by Crippen LogP contribution is 2.28. The van der Waals surface area contributed by atoms with Gasteiger partial charge in [0.1, 0.15) is 0 Å². The molecule has 1 aliphatic rings. The first-order chi connectivity index (χ1) is 9.11. The Kier molecular flexibility index (Phi) is 4.16. The van der Waals surface area contributed by atoms with Gasteiger partial charge in [-0.25, -0.2) is 0 Å². The van der Waals surface area contributed by atoms with E-state index in [2.05, 4.69) is 0 Å². The summed E-state index contributed by atoms with van der Waals surface area (Å²) in [6.07, 6.45) is 1.36. The lowest BCUT2D eigenvalue weighted by molar-refractivity contribution is -0.143. The van der Waals surface area contributed by atoms with Crippen molar-refractivity contribution in [2.45, 2.75) is 19.3 Å². The lowest BCUT2D eigenvalue weighted by Gasteiger charge is -2.10. The number of likely N-dealkylation sites (N-methyl/N-ethyl adjacent to an activating group) is 1. The second kappa shape index (κ2) is 5.84. The van der Waals surface area contributed by atoms with Crippen LogP contribution in [0, 0.1) is 0 Å². The van der Waals surface area contributed by atoms with E-state index in [1.807, 2.05) is 18.2 Å². The molecule has 2 rings (SSSR count). The van der Waals surface area contributed by atoms with Crippen LogP contribution in [0.25, 0.3) is 0 Å². The number of hydrogen-bond donors (Lipinski definition) is 1. The predicted octanol–water partition coefficient (Wildman–Crippen LogP) is 0.640. The molecular formula is C14H18N2O3. The van der Waals surface area contributed by atoms with Crippen molar-refractivity contribution in [2.24, 2.45) is 5.73 Å². The van der Waals surface area contributed by atoms with Crippen LogP contribution in [0.5, 0.6) is 0 Å². The molecule has 5 heteroatoms. The van der Waals surface area contributed by atoms with Crippen molar-refractivity contribution < 1.29 is 14.3 Å². The molecular weight excluding hydrogens is 244 g/mol. The Hall–Kier alpha value is -1.88. The standard InChI is InChI=1S/C14H18N2O3/c1-16-12-3-2-10(8-11(12)9-13(16)17)5-7-19-14(18)4-6-15/h2-3,8H,4-7,9,15H2,1H3. The van der Waals surface area contributed by atoms with Crippen molar-refractivity contribution in [3.8, 4) is 0 Å². The number of fused-ring (bicyclic) bond motifs is 1. The lowest BCUT2D eigenvalue weighted by atomic mass is 10.1. The molecule has 19 heavy (non-hydrogen) atoms. The molecule has 0 radical (unpaired) electrons.